The smallest absolute Gasteiger partial charge is 0.312 e. The van der Waals surface area contributed by atoms with Gasteiger partial charge in [-0.15, -0.1) is 13.2 Å². The molecule has 3 heterocycles. The molecule has 2 amide bonds. The first-order valence-electron chi connectivity index (χ1n) is 12.3. The van der Waals surface area contributed by atoms with Gasteiger partial charge in [0.15, 0.2) is 0 Å². The number of anilines is 1. The molecule has 8 nitrogen and oxygen atoms in total. The van der Waals surface area contributed by atoms with E-state index in [2.05, 4.69) is 13.2 Å². The highest BCUT2D eigenvalue weighted by atomic mass is 35.5. The van der Waals surface area contributed by atoms with Crippen molar-refractivity contribution in [3.8, 4) is 0 Å². The maximum Gasteiger partial charge on any atom is 0.312 e. The predicted octanol–water partition coefficient (Wildman–Crippen LogP) is 3.13. The molecule has 36 heavy (non-hydrogen) atoms. The number of aliphatic hydroxyl groups is 1. The Morgan fingerprint density at radius 2 is 2.00 bits per heavy atom. The molecule has 194 valence electrons. The highest BCUT2D eigenvalue weighted by molar-refractivity contribution is 6.30. The van der Waals surface area contributed by atoms with Crippen LogP contribution in [0.25, 0.3) is 0 Å². The molecule has 3 saturated heterocycles. The summed E-state index contributed by atoms with van der Waals surface area (Å²) in [4.78, 5) is 44.1. The van der Waals surface area contributed by atoms with Crippen LogP contribution in [0.3, 0.4) is 0 Å². The number of carbonyl (C=O) groups excluding carboxylic acids is 3. The van der Waals surface area contributed by atoms with Gasteiger partial charge < -0.3 is 24.4 Å². The Hall–Kier alpha value is -2.68. The van der Waals surface area contributed by atoms with Crippen molar-refractivity contribution in [3.63, 3.8) is 0 Å². The van der Waals surface area contributed by atoms with Gasteiger partial charge in [0.25, 0.3) is 5.91 Å². The van der Waals surface area contributed by atoms with E-state index in [0.29, 0.717) is 36.4 Å². The van der Waals surface area contributed by atoms with E-state index in [9.17, 15) is 19.5 Å². The van der Waals surface area contributed by atoms with Crippen LogP contribution in [-0.4, -0.2) is 71.3 Å². The number of amides is 2. The first kappa shape index (κ1) is 26.4. The second kappa shape index (κ2) is 10.4. The summed E-state index contributed by atoms with van der Waals surface area (Å²) >= 11 is 6.05. The lowest BCUT2D eigenvalue weighted by atomic mass is 9.66. The molecule has 0 radical (unpaired) electrons. The zero-order chi connectivity index (χ0) is 26.1. The summed E-state index contributed by atoms with van der Waals surface area (Å²) in [6, 6.07) is 5.82. The van der Waals surface area contributed by atoms with E-state index in [1.807, 2.05) is 6.92 Å². The van der Waals surface area contributed by atoms with Crippen LogP contribution in [0.2, 0.25) is 5.02 Å². The SMILES string of the molecule is C=CCCCOC(=O)[C@@H]1[C@H]2C(=O)N(CCO)C(C(=O)N(CC=C)c3ccc(Cl)cc3)C23CC[C@@]1(C)O3. The van der Waals surface area contributed by atoms with E-state index in [1.165, 1.54) is 9.80 Å². The van der Waals surface area contributed by atoms with Crippen LogP contribution in [-0.2, 0) is 23.9 Å². The Bertz CT molecular complexity index is 1050. The Kier molecular flexibility index (Phi) is 7.59. The van der Waals surface area contributed by atoms with Crippen LogP contribution in [0.1, 0.15) is 32.6 Å². The summed E-state index contributed by atoms with van der Waals surface area (Å²) in [6.45, 7) is 9.33. The minimum absolute atomic E-state index is 0.0444. The molecule has 2 bridgehead atoms. The minimum atomic E-state index is -1.19. The third kappa shape index (κ3) is 4.25. The number of benzene rings is 1. The molecular weight excluding hydrogens is 484 g/mol. The molecule has 1 aromatic carbocycles. The number of nitrogens with zero attached hydrogens (tertiary/aromatic N) is 2. The van der Waals surface area contributed by atoms with Crippen LogP contribution in [0.4, 0.5) is 5.69 Å². The molecule has 1 N–H and O–H groups in total. The summed E-state index contributed by atoms with van der Waals surface area (Å²) in [5.41, 5.74) is -1.50. The third-order valence-corrected chi connectivity index (χ3v) is 7.87. The molecule has 1 spiro atoms. The number of carbonyl (C=O) groups is 3. The molecule has 1 aromatic rings. The summed E-state index contributed by atoms with van der Waals surface area (Å²) in [5, 5.41) is 10.3. The molecular formula is C27H33ClN2O6. The van der Waals surface area contributed by atoms with Crippen molar-refractivity contribution in [1.82, 2.24) is 4.90 Å². The van der Waals surface area contributed by atoms with E-state index in [4.69, 9.17) is 21.1 Å². The van der Waals surface area contributed by atoms with Gasteiger partial charge in [-0.1, -0.05) is 23.8 Å². The molecule has 2 unspecified atom stereocenters. The number of fused-ring (bicyclic) bond motifs is 1. The summed E-state index contributed by atoms with van der Waals surface area (Å²) < 4.78 is 12.1. The number of β-amino-alcohol motifs (C(OH)–C–C–N with tert-alkyl or cyclic N) is 1. The van der Waals surface area contributed by atoms with Gasteiger partial charge >= 0.3 is 5.97 Å². The number of hydrogen-bond acceptors (Lipinski definition) is 6. The number of halogens is 1. The predicted molar refractivity (Wildman–Crippen MR) is 135 cm³/mol. The number of hydrogen-bond donors (Lipinski definition) is 1. The van der Waals surface area contributed by atoms with Crippen molar-refractivity contribution in [1.29, 1.82) is 0 Å². The second-order valence-electron chi connectivity index (χ2n) is 9.80. The van der Waals surface area contributed by atoms with Crippen LogP contribution >= 0.6 is 11.6 Å². The Balaban J connectivity index is 1.71. The fourth-order valence-corrected chi connectivity index (χ4v) is 6.25. The van der Waals surface area contributed by atoms with Crippen molar-refractivity contribution in [2.45, 2.75) is 49.9 Å². The van der Waals surface area contributed by atoms with Crippen molar-refractivity contribution in [2.24, 2.45) is 11.8 Å². The second-order valence-corrected chi connectivity index (χ2v) is 10.2. The quantitative estimate of drug-likeness (QED) is 0.276. The number of esters is 1. The molecule has 0 saturated carbocycles. The number of unbranched alkanes of at least 4 members (excludes halogenated alkanes) is 1. The summed E-state index contributed by atoms with van der Waals surface area (Å²) in [5.74, 6) is -2.90. The molecule has 4 rings (SSSR count). The van der Waals surface area contributed by atoms with Gasteiger partial charge in [-0.2, -0.15) is 0 Å². The monoisotopic (exact) mass is 516 g/mol. The zero-order valence-corrected chi connectivity index (χ0v) is 21.3. The summed E-state index contributed by atoms with van der Waals surface area (Å²) in [7, 11) is 0. The number of rotatable bonds is 11. The maximum atomic E-state index is 14.2. The van der Waals surface area contributed by atoms with E-state index in [-0.39, 0.29) is 38.1 Å². The van der Waals surface area contributed by atoms with Gasteiger partial charge in [0.2, 0.25) is 5.91 Å². The van der Waals surface area contributed by atoms with Gasteiger partial charge in [0.1, 0.15) is 17.6 Å². The summed E-state index contributed by atoms with van der Waals surface area (Å²) in [6.07, 6.45) is 5.67. The van der Waals surface area contributed by atoms with Crippen molar-refractivity contribution in [2.75, 3.05) is 31.2 Å². The van der Waals surface area contributed by atoms with E-state index < -0.39 is 35.0 Å². The largest absolute Gasteiger partial charge is 0.465 e. The van der Waals surface area contributed by atoms with Gasteiger partial charge in [-0.3, -0.25) is 14.4 Å². The molecule has 9 heteroatoms. The number of likely N-dealkylation sites (tertiary alicyclic amines) is 1. The van der Waals surface area contributed by atoms with Gasteiger partial charge in [0, 0.05) is 23.8 Å². The van der Waals surface area contributed by atoms with Crippen molar-refractivity contribution < 1.29 is 29.0 Å². The Morgan fingerprint density at radius 1 is 1.28 bits per heavy atom. The van der Waals surface area contributed by atoms with Crippen molar-refractivity contribution in [3.05, 3.63) is 54.6 Å². The van der Waals surface area contributed by atoms with Crippen LogP contribution in [0, 0.1) is 11.8 Å². The molecule has 0 aliphatic carbocycles. The topological polar surface area (TPSA) is 96.4 Å². The maximum absolute atomic E-state index is 14.2. The van der Waals surface area contributed by atoms with Gasteiger partial charge in [0.05, 0.1) is 24.7 Å². The van der Waals surface area contributed by atoms with E-state index >= 15 is 0 Å². The zero-order valence-electron chi connectivity index (χ0n) is 20.5. The number of aliphatic hydroxyl groups excluding tert-OH is 1. The van der Waals surface area contributed by atoms with Crippen molar-refractivity contribution >= 4 is 35.1 Å². The standard InChI is InChI=1S/C27H33ClN2O6/c1-4-6-7-17-35-25(34)21-20-23(32)30(15-16-31)22(27(20)13-12-26(21,3)36-27)24(33)29(14-5-2)19-10-8-18(28)9-11-19/h4-5,8-11,20-22,31H,1-2,6-7,12-17H2,3H3/t20-,21-,22?,26+,27?/m0/s1. The molecule has 3 aliphatic heterocycles. The molecule has 5 atom stereocenters. The lowest BCUT2D eigenvalue weighted by Crippen LogP contribution is -2.56. The van der Waals surface area contributed by atoms with Gasteiger partial charge in [-0.25, -0.2) is 0 Å². The first-order valence-corrected chi connectivity index (χ1v) is 12.7. The average Bonchev–Trinajstić information content (AvgIpc) is 3.42. The van der Waals surface area contributed by atoms with Crippen LogP contribution in [0.15, 0.2) is 49.6 Å². The fraction of sp³-hybridized carbons (Fsp3) is 0.519. The minimum Gasteiger partial charge on any atom is -0.465 e. The Labute approximate surface area is 216 Å². The Morgan fingerprint density at radius 3 is 2.64 bits per heavy atom. The van der Waals surface area contributed by atoms with E-state index in [0.717, 1.165) is 0 Å². The lowest BCUT2D eigenvalue weighted by Gasteiger charge is -2.36. The average molecular weight is 517 g/mol. The highest BCUT2D eigenvalue weighted by Gasteiger charge is 2.78. The van der Waals surface area contributed by atoms with Crippen LogP contribution in [0.5, 0.6) is 0 Å². The first-order chi connectivity index (χ1) is 17.2. The number of ether oxygens (including phenoxy) is 2. The normalized spacial score (nSPS) is 30.2. The molecule has 3 fully saturated rings. The molecule has 3 aliphatic rings. The highest BCUT2D eigenvalue weighted by Crippen LogP contribution is 2.63. The molecule has 0 aromatic heterocycles. The fourth-order valence-electron chi connectivity index (χ4n) is 6.12. The number of allylic oxidation sites excluding steroid dienone is 1. The third-order valence-electron chi connectivity index (χ3n) is 7.62. The lowest BCUT2D eigenvalue weighted by molar-refractivity contribution is -0.159. The van der Waals surface area contributed by atoms with Crippen LogP contribution < -0.4 is 4.90 Å². The van der Waals surface area contributed by atoms with E-state index in [1.54, 1.807) is 36.4 Å². The van der Waals surface area contributed by atoms with Gasteiger partial charge in [-0.05, 0) is 56.9 Å².